The number of allylic oxidation sites excluding steroid dienone is 8. The molecule has 32 rings (SSSR count). The molecule has 2 unspecified atom stereocenters. The first-order chi connectivity index (χ1) is 71.2. The van der Waals surface area contributed by atoms with Gasteiger partial charge in [0.1, 0.15) is 33.5 Å². The van der Waals surface area contributed by atoms with Gasteiger partial charge >= 0.3 is 0 Å². The average Bonchev–Trinajstić information content (AvgIpc) is 1.52. The molecular formula is C134H90N8O3. The number of furan rings is 3. The topological polar surface area (TPSA) is 119 Å². The maximum Gasteiger partial charge on any atom is 0.238 e. The summed E-state index contributed by atoms with van der Waals surface area (Å²) >= 11 is 0. The van der Waals surface area contributed by atoms with Crippen LogP contribution in [-0.2, 0) is 16.2 Å². The van der Waals surface area contributed by atoms with Gasteiger partial charge in [-0.15, -0.1) is 0 Å². The van der Waals surface area contributed by atoms with Crippen LogP contribution in [0.2, 0.25) is 0 Å². The summed E-state index contributed by atoms with van der Waals surface area (Å²) in [5.74, 6) is 3.22. The highest BCUT2D eigenvalue weighted by Gasteiger charge is 2.46. The molecule has 684 valence electrons. The van der Waals surface area contributed by atoms with E-state index < -0.39 is 0 Å². The molecule has 0 amide bonds. The van der Waals surface area contributed by atoms with Gasteiger partial charge in [-0.2, -0.15) is 9.97 Å². The third kappa shape index (κ3) is 12.0. The average molecular weight is 1860 g/mol. The molecule has 11 nitrogen and oxygen atoms in total. The van der Waals surface area contributed by atoms with Crippen LogP contribution in [0.5, 0.6) is 0 Å². The fourth-order valence-electron chi connectivity index (χ4n) is 26.0. The summed E-state index contributed by atoms with van der Waals surface area (Å²) in [5.41, 5.74) is 42.6. The van der Waals surface area contributed by atoms with E-state index in [1.165, 1.54) is 176 Å². The Labute approximate surface area is 834 Å². The van der Waals surface area contributed by atoms with Crippen molar-refractivity contribution in [3.05, 3.63) is 475 Å². The van der Waals surface area contributed by atoms with Crippen molar-refractivity contribution in [3.63, 3.8) is 0 Å². The van der Waals surface area contributed by atoms with Crippen molar-refractivity contribution >= 4 is 148 Å². The Bertz CT molecular complexity index is 9760. The molecule has 145 heavy (non-hydrogen) atoms. The van der Waals surface area contributed by atoms with E-state index in [2.05, 4.69) is 395 Å². The van der Waals surface area contributed by atoms with Gasteiger partial charge in [0.05, 0.1) is 44.5 Å². The van der Waals surface area contributed by atoms with Crippen LogP contribution in [-0.4, -0.2) is 38.6 Å². The number of aromatic nitrogens is 8. The summed E-state index contributed by atoms with van der Waals surface area (Å²) < 4.78 is 26.3. The number of fused-ring (bicyclic) bond motifs is 35. The summed E-state index contributed by atoms with van der Waals surface area (Å²) in [6.45, 7) is 14.2. The van der Waals surface area contributed by atoms with Crippen molar-refractivity contribution in [1.82, 2.24) is 38.6 Å². The SMILES string of the molecule is CC1(C)c2c(ccc3oc4ccccc4c23)-c2ccc3c(c21)c1ccccc1n3-c1nc(-c2ccccc2)cc(-c2ccccc2)n1.CC1(C)c2c(ccc3oc4ccccc4c23)-c2ccc3c(c21)c1ccccc1n3-c1nc(-c2ccccc2)nc(-c2ccccc2)n1.CC1(C)c2cc3c(cc2-c2c1ccc1c2oc2ccccc21)c1ccccc1n3-c1cccc(C2=CC=C3c4ccccc4C4=CC=CC2C43)c1. The lowest BCUT2D eigenvalue weighted by Gasteiger charge is -2.31. The van der Waals surface area contributed by atoms with Gasteiger partial charge in [-0.3, -0.25) is 9.13 Å². The summed E-state index contributed by atoms with van der Waals surface area (Å²) in [5, 5.41) is 14.5. The zero-order valence-corrected chi connectivity index (χ0v) is 80.4. The second-order valence-corrected chi connectivity index (χ2v) is 41.0. The van der Waals surface area contributed by atoms with Crippen molar-refractivity contribution in [1.29, 1.82) is 0 Å². The largest absolute Gasteiger partial charge is 0.456 e. The number of rotatable bonds is 8. The zero-order valence-electron chi connectivity index (χ0n) is 80.4. The van der Waals surface area contributed by atoms with Crippen molar-refractivity contribution in [2.24, 2.45) is 11.8 Å². The van der Waals surface area contributed by atoms with Crippen LogP contribution in [0.15, 0.2) is 438 Å². The zero-order chi connectivity index (χ0) is 96.1. The summed E-state index contributed by atoms with van der Waals surface area (Å²) in [6, 6.07) is 140. The first kappa shape index (κ1) is 82.7. The maximum atomic E-state index is 6.64. The number of nitrogens with zero attached hydrogens (tertiary/aromatic N) is 8. The van der Waals surface area contributed by atoms with Gasteiger partial charge in [0.25, 0.3) is 0 Å². The minimum absolute atomic E-state index is 0.177. The predicted octanol–water partition coefficient (Wildman–Crippen LogP) is 34.3. The van der Waals surface area contributed by atoms with Gasteiger partial charge in [-0.1, -0.05) is 375 Å². The standard InChI is InChI=1S/C49H33NO.C43H29N3O.C42H28N4O/c1-49(2)41-24-23-38-34-16-6-8-20-45(34)51-48(38)47(41)40-26-39-33-15-5-7-19-43(33)50(44(39)27-42(40)49)29-12-9-11-28(25-29)30-21-22-37-32-14-4-3-13-31(32)36-18-10-17-35(30)46(36)37;1-43(2)40-28(29-22-24-37-39(41(29)43)31-18-10-12-20-36(31)47-37)21-23-35-38(40)30-17-9-11-19-34(30)46(35)42-44-32(26-13-5-3-6-14-26)25-33(45-42)27-15-7-4-8-16-27;1-42(2)37-27(28-22-24-34-36(38(28)42)30-18-10-12-20-33(30)47-34)21-23-32-35(37)29-17-9-11-19-31(29)46(32)41-44-39(25-13-5-3-6-14-25)43-40(45-41)26-15-7-4-8-16-26/h3-27,35,46H,1-2H3;3-25H,1-2H3;3-24H,1-2H3. The summed E-state index contributed by atoms with van der Waals surface area (Å²) in [6.07, 6.45) is 11.8. The van der Waals surface area contributed by atoms with Crippen LogP contribution in [0, 0.1) is 11.8 Å². The molecule has 8 aromatic heterocycles. The quantitative estimate of drug-likeness (QED) is 0.148. The minimum Gasteiger partial charge on any atom is -0.456 e. The highest BCUT2D eigenvalue weighted by atomic mass is 16.3. The first-order valence-corrected chi connectivity index (χ1v) is 50.2. The van der Waals surface area contributed by atoms with Crippen molar-refractivity contribution in [2.45, 2.75) is 57.8 Å². The predicted molar refractivity (Wildman–Crippen MR) is 594 cm³/mol. The Kier molecular flexibility index (Phi) is 17.6. The Morgan fingerprint density at radius 2 is 0.683 bits per heavy atom. The van der Waals surface area contributed by atoms with E-state index in [1.54, 1.807) is 0 Å². The second kappa shape index (κ2) is 30.9. The summed E-state index contributed by atoms with van der Waals surface area (Å²) in [4.78, 5) is 25.7. The van der Waals surface area contributed by atoms with E-state index in [0.717, 1.165) is 94.6 Å². The Balaban J connectivity index is 0.000000101. The van der Waals surface area contributed by atoms with E-state index in [0.29, 0.717) is 35.4 Å². The number of hydrogen-bond donors (Lipinski definition) is 0. The molecule has 0 spiro atoms. The van der Waals surface area contributed by atoms with E-state index >= 15 is 0 Å². The lowest BCUT2D eigenvalue weighted by Crippen LogP contribution is -2.18. The molecule has 26 aromatic rings. The van der Waals surface area contributed by atoms with Crippen LogP contribution in [0.1, 0.15) is 91.6 Å². The maximum absolute atomic E-state index is 6.64. The second-order valence-electron chi connectivity index (χ2n) is 41.0. The van der Waals surface area contributed by atoms with E-state index in [1.807, 2.05) is 84.9 Å². The van der Waals surface area contributed by atoms with Crippen molar-refractivity contribution in [2.75, 3.05) is 0 Å². The van der Waals surface area contributed by atoms with Crippen LogP contribution in [0.25, 0.3) is 244 Å². The molecule has 0 bridgehead atoms. The number of para-hydroxylation sites is 6. The molecule has 0 fully saturated rings. The Morgan fingerprint density at radius 3 is 1.23 bits per heavy atom. The van der Waals surface area contributed by atoms with Crippen molar-refractivity contribution < 1.29 is 13.3 Å². The van der Waals surface area contributed by atoms with Gasteiger partial charge < -0.3 is 17.8 Å². The monoisotopic (exact) mass is 1860 g/mol. The molecule has 0 N–H and O–H groups in total. The minimum atomic E-state index is -0.297. The third-order valence-corrected chi connectivity index (χ3v) is 32.2. The molecule has 11 heteroatoms. The van der Waals surface area contributed by atoms with Crippen LogP contribution < -0.4 is 0 Å². The molecule has 0 aliphatic heterocycles. The normalized spacial score (nSPS) is 15.5. The van der Waals surface area contributed by atoms with Crippen LogP contribution in [0.4, 0.5) is 0 Å². The van der Waals surface area contributed by atoms with Gasteiger partial charge in [0.15, 0.2) is 11.6 Å². The van der Waals surface area contributed by atoms with Crippen LogP contribution in [0.3, 0.4) is 0 Å². The molecule has 2 atom stereocenters. The Morgan fingerprint density at radius 1 is 0.248 bits per heavy atom. The Hall–Kier alpha value is -18.2. The van der Waals surface area contributed by atoms with Gasteiger partial charge in [-0.05, 0) is 186 Å². The molecule has 18 aromatic carbocycles. The lowest BCUT2D eigenvalue weighted by atomic mass is 9.72. The van der Waals surface area contributed by atoms with E-state index in [9.17, 15) is 0 Å². The first-order valence-electron chi connectivity index (χ1n) is 50.2. The molecule has 6 aliphatic carbocycles. The van der Waals surface area contributed by atoms with Crippen molar-refractivity contribution in [3.8, 4) is 96.3 Å². The molecule has 0 radical (unpaired) electrons. The highest BCUT2D eigenvalue weighted by molar-refractivity contribution is 6.22. The molecular weight excluding hydrogens is 1770 g/mol. The number of hydrogen-bond acceptors (Lipinski definition) is 8. The fourth-order valence-corrected chi connectivity index (χ4v) is 26.0. The van der Waals surface area contributed by atoms with E-state index in [4.69, 9.17) is 38.2 Å². The smallest absolute Gasteiger partial charge is 0.238 e. The van der Waals surface area contributed by atoms with E-state index in [-0.39, 0.29) is 16.2 Å². The highest BCUT2D eigenvalue weighted by Crippen LogP contribution is 2.62. The lowest BCUT2D eigenvalue weighted by molar-refractivity contribution is 0.653. The fraction of sp³-hybridized carbons (Fsp3) is 0.0821. The molecule has 6 aliphatic rings. The van der Waals surface area contributed by atoms with Crippen LogP contribution >= 0.6 is 0 Å². The number of benzene rings is 18. The molecule has 0 saturated carbocycles. The molecule has 0 saturated heterocycles. The van der Waals surface area contributed by atoms with Gasteiger partial charge in [0, 0.05) is 126 Å². The van der Waals surface area contributed by atoms with Gasteiger partial charge in [-0.25, -0.2) is 15.0 Å². The summed E-state index contributed by atoms with van der Waals surface area (Å²) in [7, 11) is 0. The van der Waals surface area contributed by atoms with Gasteiger partial charge in [0.2, 0.25) is 11.9 Å². The third-order valence-electron chi connectivity index (χ3n) is 32.2. The molecule has 8 heterocycles.